The molecule has 3 aromatic carbocycles. The van der Waals surface area contributed by atoms with Gasteiger partial charge in [0, 0.05) is 20.6 Å². The SMILES string of the molecule is Cc1cc(C)cc(NC(=O)C(=O)Nn2c(C(=O)Nc3ccc(Cl)cc3Cl)cc3cc(Br)ccc32)c1. The van der Waals surface area contributed by atoms with E-state index in [0.29, 0.717) is 27.3 Å². The highest BCUT2D eigenvalue weighted by atomic mass is 79.9. The third-order valence-corrected chi connectivity index (χ3v) is 6.12. The van der Waals surface area contributed by atoms with Gasteiger partial charge in [-0.3, -0.25) is 19.8 Å². The zero-order valence-electron chi connectivity index (χ0n) is 18.6. The van der Waals surface area contributed by atoms with Gasteiger partial charge in [-0.25, -0.2) is 4.68 Å². The molecular formula is C25H19BrCl2N4O3. The van der Waals surface area contributed by atoms with E-state index in [4.69, 9.17) is 23.2 Å². The summed E-state index contributed by atoms with van der Waals surface area (Å²) in [6, 6.07) is 17.0. The smallest absolute Gasteiger partial charge is 0.319 e. The molecule has 0 atom stereocenters. The second-order valence-electron chi connectivity index (χ2n) is 7.92. The summed E-state index contributed by atoms with van der Waals surface area (Å²) in [7, 11) is 0. The molecule has 0 spiro atoms. The number of nitrogens with one attached hydrogen (secondary N) is 3. The highest BCUT2D eigenvalue weighted by Crippen LogP contribution is 2.27. The minimum atomic E-state index is -0.942. The first-order valence-corrected chi connectivity index (χ1v) is 11.9. The Morgan fingerprint density at radius 3 is 2.23 bits per heavy atom. The third kappa shape index (κ3) is 5.67. The molecule has 0 aliphatic rings. The van der Waals surface area contributed by atoms with Crippen molar-refractivity contribution in [1.29, 1.82) is 0 Å². The molecule has 3 N–H and O–H groups in total. The number of aryl methyl sites for hydroxylation is 2. The van der Waals surface area contributed by atoms with Gasteiger partial charge in [0.2, 0.25) is 0 Å². The Bertz CT molecular complexity index is 1480. The molecule has 4 rings (SSSR count). The van der Waals surface area contributed by atoms with E-state index in [1.165, 1.54) is 10.7 Å². The van der Waals surface area contributed by atoms with Gasteiger partial charge in [0.05, 0.1) is 16.2 Å². The first kappa shape index (κ1) is 24.8. The standard InChI is InChI=1S/C25H19BrCl2N4O3/c1-13-7-14(2)9-18(8-13)29-24(34)25(35)31-32-21-6-3-16(26)10-15(21)11-22(32)23(33)30-20-5-4-17(27)12-19(20)28/h3-12H,1-2H3,(H,29,34)(H,30,33)(H,31,35). The van der Waals surface area contributed by atoms with Crippen LogP contribution >= 0.6 is 39.1 Å². The van der Waals surface area contributed by atoms with Crippen molar-refractivity contribution in [3.8, 4) is 0 Å². The number of hydrogen-bond acceptors (Lipinski definition) is 3. The van der Waals surface area contributed by atoms with E-state index in [9.17, 15) is 14.4 Å². The largest absolute Gasteiger partial charge is 0.328 e. The van der Waals surface area contributed by atoms with Gasteiger partial charge in [0.25, 0.3) is 5.91 Å². The van der Waals surface area contributed by atoms with Crippen molar-refractivity contribution < 1.29 is 14.4 Å². The lowest BCUT2D eigenvalue weighted by molar-refractivity contribution is -0.133. The molecule has 0 saturated carbocycles. The van der Waals surface area contributed by atoms with Crippen LogP contribution in [0, 0.1) is 13.8 Å². The van der Waals surface area contributed by atoms with E-state index in [1.807, 2.05) is 19.9 Å². The summed E-state index contributed by atoms with van der Waals surface area (Å²) in [5, 5.41) is 6.65. The van der Waals surface area contributed by atoms with Crippen LogP contribution in [0.2, 0.25) is 10.0 Å². The summed E-state index contributed by atoms with van der Waals surface area (Å²) in [4.78, 5) is 38.6. The van der Waals surface area contributed by atoms with E-state index in [2.05, 4.69) is 32.0 Å². The highest BCUT2D eigenvalue weighted by Gasteiger charge is 2.22. The number of halogens is 3. The molecule has 178 valence electrons. The number of fused-ring (bicyclic) bond motifs is 1. The number of nitrogens with zero attached hydrogens (tertiary/aromatic N) is 1. The lowest BCUT2D eigenvalue weighted by Gasteiger charge is -2.13. The number of hydrogen-bond donors (Lipinski definition) is 3. The van der Waals surface area contributed by atoms with E-state index in [0.717, 1.165) is 15.6 Å². The van der Waals surface area contributed by atoms with E-state index < -0.39 is 17.7 Å². The van der Waals surface area contributed by atoms with Crippen molar-refractivity contribution in [3.63, 3.8) is 0 Å². The van der Waals surface area contributed by atoms with Crippen LogP contribution in [-0.2, 0) is 9.59 Å². The monoisotopic (exact) mass is 572 g/mol. The molecule has 10 heteroatoms. The predicted molar refractivity (Wildman–Crippen MR) is 143 cm³/mol. The topological polar surface area (TPSA) is 92.2 Å². The maximum atomic E-state index is 13.2. The van der Waals surface area contributed by atoms with E-state index in [-0.39, 0.29) is 10.7 Å². The number of carbonyl (C=O) groups excluding carboxylic acids is 3. The molecule has 0 bridgehead atoms. The maximum Gasteiger partial charge on any atom is 0.328 e. The molecule has 4 aromatic rings. The fourth-order valence-corrected chi connectivity index (χ4v) is 4.47. The number of aromatic nitrogens is 1. The zero-order chi connectivity index (χ0) is 25.3. The average Bonchev–Trinajstić information content (AvgIpc) is 3.12. The normalized spacial score (nSPS) is 10.8. The van der Waals surface area contributed by atoms with Gasteiger partial charge in [-0.15, -0.1) is 0 Å². The third-order valence-electron chi connectivity index (χ3n) is 5.07. The molecule has 35 heavy (non-hydrogen) atoms. The maximum absolute atomic E-state index is 13.2. The summed E-state index contributed by atoms with van der Waals surface area (Å²) in [6.07, 6.45) is 0. The summed E-state index contributed by atoms with van der Waals surface area (Å²) in [5.74, 6) is -2.36. The van der Waals surface area contributed by atoms with Crippen molar-refractivity contribution in [3.05, 3.63) is 92.0 Å². The Kier molecular flexibility index (Phi) is 7.16. The second-order valence-corrected chi connectivity index (χ2v) is 9.68. The van der Waals surface area contributed by atoms with Crippen LogP contribution < -0.4 is 16.1 Å². The van der Waals surface area contributed by atoms with Crippen LogP contribution in [0.4, 0.5) is 11.4 Å². The van der Waals surface area contributed by atoms with Crippen LogP contribution in [0.25, 0.3) is 10.9 Å². The van der Waals surface area contributed by atoms with Crippen LogP contribution in [0.15, 0.2) is 65.1 Å². The first-order chi connectivity index (χ1) is 16.6. The minimum absolute atomic E-state index is 0.0941. The van der Waals surface area contributed by atoms with Gasteiger partial charge in [0.1, 0.15) is 5.69 Å². The Morgan fingerprint density at radius 2 is 1.54 bits per heavy atom. The first-order valence-electron chi connectivity index (χ1n) is 10.4. The molecule has 0 radical (unpaired) electrons. The molecule has 1 heterocycles. The average molecular weight is 574 g/mol. The molecule has 0 fully saturated rings. The van der Waals surface area contributed by atoms with Gasteiger partial charge in [0.15, 0.2) is 0 Å². The van der Waals surface area contributed by atoms with E-state index in [1.54, 1.807) is 48.5 Å². The Hall–Kier alpha value is -3.33. The lowest BCUT2D eigenvalue weighted by Crippen LogP contribution is -2.36. The highest BCUT2D eigenvalue weighted by molar-refractivity contribution is 9.10. The minimum Gasteiger partial charge on any atom is -0.319 e. The number of carbonyl (C=O) groups is 3. The van der Waals surface area contributed by atoms with Gasteiger partial charge < -0.3 is 10.6 Å². The molecule has 0 unspecified atom stereocenters. The molecule has 0 aliphatic carbocycles. The predicted octanol–water partition coefficient (Wildman–Crippen LogP) is 6.29. The number of amides is 3. The molecule has 3 amide bonds. The summed E-state index contributed by atoms with van der Waals surface area (Å²) >= 11 is 15.5. The molecule has 0 saturated heterocycles. The lowest BCUT2D eigenvalue weighted by atomic mass is 10.1. The number of anilines is 2. The molecule has 7 nitrogen and oxygen atoms in total. The molecular weight excluding hydrogens is 555 g/mol. The number of benzene rings is 3. The number of rotatable bonds is 4. The van der Waals surface area contributed by atoms with Crippen LogP contribution in [0.1, 0.15) is 21.6 Å². The van der Waals surface area contributed by atoms with Gasteiger partial charge in [-0.1, -0.05) is 45.2 Å². The van der Waals surface area contributed by atoms with Crippen molar-refractivity contribution in [2.45, 2.75) is 13.8 Å². The van der Waals surface area contributed by atoms with Gasteiger partial charge >= 0.3 is 11.8 Å². The Balaban J connectivity index is 1.64. The quantitative estimate of drug-likeness (QED) is 0.251. The fourth-order valence-electron chi connectivity index (χ4n) is 3.64. The van der Waals surface area contributed by atoms with Gasteiger partial charge in [-0.05, 0) is 79.6 Å². The fraction of sp³-hybridized carbons (Fsp3) is 0.0800. The Labute approximate surface area is 219 Å². The van der Waals surface area contributed by atoms with E-state index >= 15 is 0 Å². The van der Waals surface area contributed by atoms with Crippen LogP contribution in [0.5, 0.6) is 0 Å². The second kappa shape index (κ2) is 10.1. The molecule has 1 aromatic heterocycles. The summed E-state index contributed by atoms with van der Waals surface area (Å²) < 4.78 is 2.05. The summed E-state index contributed by atoms with van der Waals surface area (Å²) in [5.41, 5.74) is 5.88. The zero-order valence-corrected chi connectivity index (χ0v) is 21.7. The van der Waals surface area contributed by atoms with Crippen LogP contribution in [0.3, 0.4) is 0 Å². The van der Waals surface area contributed by atoms with Crippen molar-refractivity contribution in [2.24, 2.45) is 0 Å². The van der Waals surface area contributed by atoms with Crippen molar-refractivity contribution in [2.75, 3.05) is 16.1 Å². The van der Waals surface area contributed by atoms with Gasteiger partial charge in [-0.2, -0.15) is 0 Å². The van der Waals surface area contributed by atoms with Crippen molar-refractivity contribution in [1.82, 2.24) is 4.68 Å². The van der Waals surface area contributed by atoms with Crippen LogP contribution in [-0.4, -0.2) is 22.4 Å². The Morgan fingerprint density at radius 1 is 0.829 bits per heavy atom. The summed E-state index contributed by atoms with van der Waals surface area (Å²) in [6.45, 7) is 3.79. The molecule has 0 aliphatic heterocycles. The van der Waals surface area contributed by atoms with Crippen molar-refractivity contribution >= 4 is 79.1 Å².